The Bertz CT molecular complexity index is 189. The van der Waals surface area contributed by atoms with E-state index in [9.17, 15) is 0 Å². The van der Waals surface area contributed by atoms with Gasteiger partial charge in [0.05, 0.1) is 0 Å². The fraction of sp³-hybridized carbons (Fsp3) is 1.00. The molecule has 3 heteroatoms. The van der Waals surface area contributed by atoms with Gasteiger partial charge in [0, 0.05) is 0 Å². The molecule has 1 nitrogen and oxygen atoms in total. The highest BCUT2D eigenvalue weighted by atomic mass is 28.4. The Morgan fingerprint density at radius 3 is 2.06 bits per heavy atom. The van der Waals surface area contributed by atoms with Gasteiger partial charge in [-0.3, -0.25) is 0 Å². The molecule has 98 valence electrons. The van der Waals surface area contributed by atoms with E-state index in [1.807, 2.05) is 0 Å². The molecular formula is C13H32OSi2. The van der Waals surface area contributed by atoms with Crippen molar-refractivity contribution in [2.75, 3.05) is 0 Å². The summed E-state index contributed by atoms with van der Waals surface area (Å²) >= 11 is 0. The van der Waals surface area contributed by atoms with E-state index in [1.165, 1.54) is 31.7 Å². The summed E-state index contributed by atoms with van der Waals surface area (Å²) in [4.78, 5) is 0. The molecule has 0 aromatic carbocycles. The van der Waals surface area contributed by atoms with Gasteiger partial charge in [-0.05, 0) is 16.6 Å². The van der Waals surface area contributed by atoms with Crippen LogP contribution in [-0.2, 0) is 4.12 Å². The van der Waals surface area contributed by atoms with Crippen LogP contribution in [0.3, 0.4) is 0 Å². The first-order valence-electron chi connectivity index (χ1n) is 6.90. The predicted molar refractivity (Wildman–Crippen MR) is 80.5 cm³/mol. The van der Waals surface area contributed by atoms with E-state index in [0.29, 0.717) is 5.04 Å². The molecule has 2 unspecified atom stereocenters. The van der Waals surface area contributed by atoms with Gasteiger partial charge in [0.25, 0.3) is 0 Å². The van der Waals surface area contributed by atoms with Crippen molar-refractivity contribution in [3.8, 4) is 0 Å². The van der Waals surface area contributed by atoms with Crippen LogP contribution < -0.4 is 0 Å². The third-order valence-electron chi connectivity index (χ3n) is 4.04. The summed E-state index contributed by atoms with van der Waals surface area (Å²) in [6.45, 7) is 14.2. The second kappa shape index (κ2) is 6.97. The Kier molecular flexibility index (Phi) is 7.14. The molecule has 2 atom stereocenters. The molecular weight excluding hydrogens is 228 g/mol. The molecule has 0 aromatic heterocycles. The van der Waals surface area contributed by atoms with Gasteiger partial charge in [0.2, 0.25) is 0 Å². The maximum Gasteiger partial charge on any atom is 0.187 e. The van der Waals surface area contributed by atoms with Crippen LogP contribution in [0.5, 0.6) is 0 Å². The van der Waals surface area contributed by atoms with E-state index in [1.54, 1.807) is 0 Å². The zero-order valence-electron chi connectivity index (χ0n) is 12.5. The topological polar surface area (TPSA) is 9.23 Å². The average molecular weight is 261 g/mol. The van der Waals surface area contributed by atoms with Crippen LogP contribution in [0, 0.1) is 0 Å². The monoisotopic (exact) mass is 260 g/mol. The average Bonchev–Trinajstić information content (AvgIpc) is 2.20. The third kappa shape index (κ3) is 3.71. The van der Waals surface area contributed by atoms with E-state index < -0.39 is 8.32 Å². The van der Waals surface area contributed by atoms with Crippen molar-refractivity contribution in [3.05, 3.63) is 0 Å². The van der Waals surface area contributed by atoms with Crippen LogP contribution in [0.4, 0.5) is 0 Å². The van der Waals surface area contributed by atoms with Crippen LogP contribution in [0.2, 0.25) is 16.6 Å². The Morgan fingerprint density at radius 1 is 1.19 bits per heavy atom. The van der Waals surface area contributed by atoms with Crippen molar-refractivity contribution in [1.29, 1.82) is 0 Å². The largest absolute Gasteiger partial charge is 0.463 e. The van der Waals surface area contributed by atoms with Crippen molar-refractivity contribution in [1.82, 2.24) is 0 Å². The molecule has 0 saturated carbocycles. The van der Waals surface area contributed by atoms with Gasteiger partial charge < -0.3 is 4.12 Å². The second-order valence-electron chi connectivity index (χ2n) is 6.14. The summed E-state index contributed by atoms with van der Waals surface area (Å²) in [5.74, 6) is 0. The molecule has 0 N–H and O–H groups in total. The lowest BCUT2D eigenvalue weighted by Crippen LogP contribution is -2.50. The highest BCUT2D eigenvalue weighted by molar-refractivity contribution is 6.80. The summed E-state index contributed by atoms with van der Waals surface area (Å²) in [6.07, 6.45) is 5.32. The molecule has 0 aromatic rings. The molecule has 0 fully saturated rings. The smallest absolute Gasteiger partial charge is 0.187 e. The van der Waals surface area contributed by atoms with Crippen LogP contribution in [0.15, 0.2) is 0 Å². The van der Waals surface area contributed by atoms with Crippen molar-refractivity contribution < 1.29 is 4.12 Å². The third-order valence-corrected chi connectivity index (χ3v) is 12.6. The normalized spacial score (nSPS) is 18.4. The lowest BCUT2D eigenvalue weighted by atomic mass is 10.2. The molecule has 0 heterocycles. The molecule has 0 radical (unpaired) electrons. The minimum Gasteiger partial charge on any atom is -0.463 e. The molecule has 0 rings (SSSR count). The Labute approximate surface area is 107 Å². The van der Waals surface area contributed by atoms with Gasteiger partial charge in [-0.2, -0.15) is 0 Å². The van der Waals surface area contributed by atoms with E-state index in [4.69, 9.17) is 4.12 Å². The quantitative estimate of drug-likeness (QED) is 0.628. The molecule has 16 heavy (non-hydrogen) atoms. The minimum atomic E-state index is -1.55. The minimum absolute atomic E-state index is 0.387. The zero-order valence-corrected chi connectivity index (χ0v) is 15.5. The maximum atomic E-state index is 6.28. The predicted octanol–water partition coefficient (Wildman–Crippen LogP) is 4.02. The van der Waals surface area contributed by atoms with E-state index in [-0.39, 0.29) is 0 Å². The van der Waals surface area contributed by atoms with Crippen LogP contribution in [-0.4, -0.2) is 18.8 Å². The van der Waals surface area contributed by atoms with Gasteiger partial charge in [0.1, 0.15) is 10.5 Å². The Morgan fingerprint density at radius 2 is 1.75 bits per heavy atom. The van der Waals surface area contributed by atoms with E-state index in [0.717, 1.165) is 16.0 Å². The first kappa shape index (κ1) is 16.4. The molecule has 0 saturated heterocycles. The zero-order chi connectivity index (χ0) is 12.8. The van der Waals surface area contributed by atoms with Gasteiger partial charge in [-0.25, -0.2) is 0 Å². The molecule has 0 aliphatic rings. The molecule has 0 amide bonds. The van der Waals surface area contributed by atoms with Gasteiger partial charge in [-0.1, -0.05) is 67.2 Å². The number of hydrogen-bond donors (Lipinski definition) is 0. The highest BCUT2D eigenvalue weighted by Gasteiger charge is 2.48. The lowest BCUT2D eigenvalue weighted by Gasteiger charge is -2.46. The van der Waals surface area contributed by atoms with Crippen LogP contribution in [0.25, 0.3) is 0 Å². The molecule has 0 aliphatic heterocycles. The summed E-state index contributed by atoms with van der Waals surface area (Å²) in [5, 5.41) is 0.387. The van der Waals surface area contributed by atoms with E-state index in [2.05, 4.69) is 41.5 Å². The Balaban J connectivity index is 4.88. The standard InChI is InChI=1S/C13H32OSi2/c1-7-9-10-12(3)16(14-15,11-8-2)13(4,5)6/h12H,7-11H2,1-6,15H3. The molecule has 0 spiro atoms. The summed E-state index contributed by atoms with van der Waals surface area (Å²) < 4.78 is 6.28. The van der Waals surface area contributed by atoms with Crippen molar-refractivity contribution >= 4 is 18.8 Å². The van der Waals surface area contributed by atoms with Crippen LogP contribution >= 0.6 is 0 Å². The van der Waals surface area contributed by atoms with Gasteiger partial charge in [0.15, 0.2) is 8.32 Å². The fourth-order valence-corrected chi connectivity index (χ4v) is 12.1. The van der Waals surface area contributed by atoms with Crippen LogP contribution in [0.1, 0.15) is 67.2 Å². The maximum absolute atomic E-state index is 6.28. The van der Waals surface area contributed by atoms with Gasteiger partial charge >= 0.3 is 0 Å². The summed E-state index contributed by atoms with van der Waals surface area (Å²) in [5.41, 5.74) is 0.810. The van der Waals surface area contributed by atoms with Crippen molar-refractivity contribution in [3.63, 3.8) is 0 Å². The fourth-order valence-electron chi connectivity index (χ4n) is 3.08. The van der Waals surface area contributed by atoms with Crippen molar-refractivity contribution in [2.24, 2.45) is 0 Å². The molecule has 0 aliphatic carbocycles. The Hall–Kier alpha value is 0.394. The van der Waals surface area contributed by atoms with Crippen molar-refractivity contribution in [2.45, 2.75) is 83.8 Å². The summed E-state index contributed by atoms with van der Waals surface area (Å²) in [6, 6.07) is 1.34. The van der Waals surface area contributed by atoms with Gasteiger partial charge in [-0.15, -0.1) is 0 Å². The molecule has 0 bridgehead atoms. The first-order chi connectivity index (χ1) is 7.35. The number of rotatable bonds is 7. The summed E-state index contributed by atoms with van der Waals surface area (Å²) in [7, 11) is -0.641. The number of unbranched alkanes of at least 4 members (excludes halogenated alkanes) is 1. The second-order valence-corrected chi connectivity index (χ2v) is 12.5. The number of hydrogen-bond acceptors (Lipinski definition) is 1. The first-order valence-corrected chi connectivity index (χ1v) is 9.91. The lowest BCUT2D eigenvalue weighted by molar-refractivity contribution is 0.465. The van der Waals surface area contributed by atoms with E-state index >= 15 is 0 Å². The SMILES string of the molecule is CCCCC(C)[Si](CCC)(O[SiH3])C(C)(C)C. The highest BCUT2D eigenvalue weighted by Crippen LogP contribution is 2.48.